The highest BCUT2D eigenvalue weighted by Crippen LogP contribution is 2.49. The highest BCUT2D eigenvalue weighted by molar-refractivity contribution is 5.83. The Morgan fingerprint density at radius 1 is 1.38 bits per heavy atom. The van der Waals surface area contributed by atoms with E-state index < -0.39 is 5.54 Å². The van der Waals surface area contributed by atoms with Crippen LogP contribution in [0, 0.1) is 17.8 Å². The first-order valence-corrected chi connectivity index (χ1v) is 7.53. The normalized spacial score (nSPS) is 27.6. The van der Waals surface area contributed by atoms with Crippen molar-refractivity contribution in [2.24, 2.45) is 17.8 Å². The first kappa shape index (κ1) is 12.8. The summed E-state index contributed by atoms with van der Waals surface area (Å²) in [6.07, 6.45) is 3.78. The highest BCUT2D eigenvalue weighted by Gasteiger charge is 2.57. The molecule has 2 aliphatic rings. The summed E-state index contributed by atoms with van der Waals surface area (Å²) >= 11 is 0. The van der Waals surface area contributed by atoms with Gasteiger partial charge in [0, 0.05) is 17.7 Å². The topological polar surface area (TPSA) is 58.4 Å². The number of nitrogens with zero attached hydrogens (tertiary/aromatic N) is 2. The van der Waals surface area contributed by atoms with E-state index in [9.17, 15) is 4.79 Å². The zero-order valence-corrected chi connectivity index (χ0v) is 12.3. The number of pyridine rings is 1. The Bertz CT molecular complexity index is 695. The molecule has 2 N–H and O–H groups in total. The zero-order chi connectivity index (χ0) is 14.6. The van der Waals surface area contributed by atoms with E-state index in [4.69, 9.17) is 0 Å². The van der Waals surface area contributed by atoms with Crippen LogP contribution < -0.4 is 10.6 Å². The fourth-order valence-corrected chi connectivity index (χ4v) is 3.68. The third kappa shape index (κ3) is 1.95. The number of piperidine rings is 1. The second-order valence-corrected chi connectivity index (χ2v) is 6.71. The molecule has 1 aliphatic heterocycles. The molecule has 110 valence electrons. The molecule has 5 nitrogen and oxygen atoms in total. The van der Waals surface area contributed by atoms with Gasteiger partial charge >= 0.3 is 0 Å². The lowest BCUT2D eigenvalue weighted by Crippen LogP contribution is -2.43. The van der Waals surface area contributed by atoms with Gasteiger partial charge in [-0.05, 0) is 50.9 Å². The summed E-state index contributed by atoms with van der Waals surface area (Å²) in [6, 6.07) is 5.98. The van der Waals surface area contributed by atoms with Crippen LogP contribution in [0.1, 0.15) is 19.4 Å². The quantitative estimate of drug-likeness (QED) is 0.889. The second-order valence-electron chi connectivity index (χ2n) is 6.71. The Labute approximate surface area is 123 Å². The fraction of sp³-hybridized carbons (Fsp3) is 0.500. The molecule has 1 saturated carbocycles. The largest absolute Gasteiger partial charge is 0.347 e. The molecule has 5 heteroatoms. The Balaban J connectivity index is 1.57. The van der Waals surface area contributed by atoms with E-state index in [1.165, 1.54) is 0 Å². The Hall–Kier alpha value is -1.88. The van der Waals surface area contributed by atoms with Crippen molar-refractivity contribution in [3.63, 3.8) is 0 Å². The summed E-state index contributed by atoms with van der Waals surface area (Å²) < 4.78 is 1.85. The Kier molecular flexibility index (Phi) is 2.63. The molecule has 4 rings (SSSR count). The molecular formula is C16H20N4O. The lowest BCUT2D eigenvalue weighted by molar-refractivity contribution is -0.124. The second kappa shape index (κ2) is 4.31. The maximum absolute atomic E-state index is 12.5. The van der Waals surface area contributed by atoms with Gasteiger partial charge in [0.05, 0.1) is 17.3 Å². The standard InChI is InChI=1S/C16H20N4O/c1-16(2,12-9-18-20-6-4-3-5-13(12)20)19-15(21)14-10-7-17-8-11(10)14/h3-6,9-11,14,17H,7-8H2,1-2H3,(H,19,21). The summed E-state index contributed by atoms with van der Waals surface area (Å²) in [6.45, 7) is 6.07. The maximum atomic E-state index is 12.5. The summed E-state index contributed by atoms with van der Waals surface area (Å²) in [5.41, 5.74) is 1.69. The minimum atomic E-state index is -0.412. The molecule has 1 aliphatic carbocycles. The van der Waals surface area contributed by atoms with Crippen molar-refractivity contribution >= 4 is 11.4 Å². The van der Waals surface area contributed by atoms with Crippen LogP contribution in [-0.2, 0) is 10.3 Å². The van der Waals surface area contributed by atoms with Crippen LogP contribution in [-0.4, -0.2) is 28.6 Å². The summed E-state index contributed by atoms with van der Waals surface area (Å²) in [5.74, 6) is 1.48. The van der Waals surface area contributed by atoms with Crippen LogP contribution in [0.25, 0.3) is 5.52 Å². The van der Waals surface area contributed by atoms with Crippen LogP contribution in [0.4, 0.5) is 0 Å². The minimum Gasteiger partial charge on any atom is -0.347 e. The lowest BCUT2D eigenvalue weighted by Gasteiger charge is -2.26. The van der Waals surface area contributed by atoms with Gasteiger partial charge in [0.2, 0.25) is 5.91 Å². The number of carbonyl (C=O) groups excluding carboxylic acids is 1. The molecule has 2 fully saturated rings. The minimum absolute atomic E-state index is 0.187. The van der Waals surface area contributed by atoms with Crippen molar-refractivity contribution in [2.45, 2.75) is 19.4 Å². The van der Waals surface area contributed by atoms with Gasteiger partial charge in [0.25, 0.3) is 0 Å². The average Bonchev–Trinajstić information content (AvgIpc) is 2.82. The summed E-state index contributed by atoms with van der Waals surface area (Å²) in [4.78, 5) is 12.5. The molecule has 0 aromatic carbocycles. The number of carbonyl (C=O) groups is 1. The number of rotatable bonds is 3. The molecule has 1 saturated heterocycles. The third-order valence-corrected chi connectivity index (χ3v) is 4.93. The van der Waals surface area contributed by atoms with E-state index >= 15 is 0 Å². The molecule has 2 aromatic heterocycles. The average molecular weight is 284 g/mol. The third-order valence-electron chi connectivity index (χ3n) is 4.93. The molecule has 2 aromatic rings. The van der Waals surface area contributed by atoms with Gasteiger partial charge in [0.15, 0.2) is 0 Å². The van der Waals surface area contributed by atoms with Gasteiger partial charge in [0.1, 0.15) is 0 Å². The van der Waals surface area contributed by atoms with E-state index in [-0.39, 0.29) is 11.8 Å². The number of hydrogen-bond acceptors (Lipinski definition) is 3. The van der Waals surface area contributed by atoms with Crippen molar-refractivity contribution in [1.29, 1.82) is 0 Å². The summed E-state index contributed by atoms with van der Waals surface area (Å²) in [5, 5.41) is 10.9. The summed E-state index contributed by atoms with van der Waals surface area (Å²) in [7, 11) is 0. The van der Waals surface area contributed by atoms with Gasteiger partial charge in [-0.3, -0.25) is 4.79 Å². The fourth-order valence-electron chi connectivity index (χ4n) is 3.68. The van der Waals surface area contributed by atoms with E-state index in [0.717, 1.165) is 24.2 Å². The van der Waals surface area contributed by atoms with Crippen LogP contribution in [0.5, 0.6) is 0 Å². The van der Waals surface area contributed by atoms with E-state index in [1.807, 2.05) is 49.0 Å². The van der Waals surface area contributed by atoms with Gasteiger partial charge < -0.3 is 10.6 Å². The van der Waals surface area contributed by atoms with Crippen LogP contribution >= 0.6 is 0 Å². The molecule has 0 spiro atoms. The molecule has 0 radical (unpaired) electrons. The number of aromatic nitrogens is 2. The van der Waals surface area contributed by atoms with E-state index in [1.54, 1.807) is 0 Å². The van der Waals surface area contributed by atoms with Crippen molar-refractivity contribution in [3.8, 4) is 0 Å². The molecule has 3 heterocycles. The monoisotopic (exact) mass is 284 g/mol. The Morgan fingerprint density at radius 2 is 2.14 bits per heavy atom. The van der Waals surface area contributed by atoms with Crippen LogP contribution in [0.2, 0.25) is 0 Å². The Morgan fingerprint density at radius 3 is 2.90 bits per heavy atom. The number of fused-ring (bicyclic) bond motifs is 2. The molecular weight excluding hydrogens is 264 g/mol. The molecule has 0 bridgehead atoms. The molecule has 1 amide bonds. The van der Waals surface area contributed by atoms with Crippen LogP contribution in [0.3, 0.4) is 0 Å². The zero-order valence-electron chi connectivity index (χ0n) is 12.3. The van der Waals surface area contributed by atoms with Crippen LogP contribution in [0.15, 0.2) is 30.6 Å². The predicted octanol–water partition coefficient (Wildman–Crippen LogP) is 1.15. The molecule has 2 unspecified atom stereocenters. The SMILES string of the molecule is CC(C)(NC(=O)C1C2CNCC21)c1cnn2ccccc12. The predicted molar refractivity (Wildman–Crippen MR) is 79.7 cm³/mol. The van der Waals surface area contributed by atoms with E-state index in [0.29, 0.717) is 11.8 Å². The number of amides is 1. The highest BCUT2D eigenvalue weighted by atomic mass is 16.2. The molecule has 2 atom stereocenters. The smallest absolute Gasteiger partial charge is 0.224 e. The number of nitrogens with one attached hydrogen (secondary N) is 2. The first-order valence-electron chi connectivity index (χ1n) is 7.53. The lowest BCUT2D eigenvalue weighted by atomic mass is 9.95. The van der Waals surface area contributed by atoms with Gasteiger partial charge in [-0.15, -0.1) is 0 Å². The van der Waals surface area contributed by atoms with Crippen molar-refractivity contribution in [1.82, 2.24) is 20.2 Å². The van der Waals surface area contributed by atoms with Gasteiger partial charge in [-0.1, -0.05) is 6.07 Å². The van der Waals surface area contributed by atoms with Crippen molar-refractivity contribution in [2.75, 3.05) is 13.1 Å². The molecule has 21 heavy (non-hydrogen) atoms. The maximum Gasteiger partial charge on any atom is 0.224 e. The first-order chi connectivity index (χ1) is 10.1. The van der Waals surface area contributed by atoms with Gasteiger partial charge in [-0.2, -0.15) is 5.10 Å². The van der Waals surface area contributed by atoms with Crippen molar-refractivity contribution < 1.29 is 4.79 Å². The van der Waals surface area contributed by atoms with Gasteiger partial charge in [-0.25, -0.2) is 4.52 Å². The number of hydrogen-bond donors (Lipinski definition) is 2. The van der Waals surface area contributed by atoms with E-state index in [2.05, 4.69) is 15.7 Å². The van der Waals surface area contributed by atoms with Crippen molar-refractivity contribution in [3.05, 3.63) is 36.2 Å².